The van der Waals surface area contributed by atoms with E-state index in [0.717, 1.165) is 17.8 Å². The lowest BCUT2D eigenvalue weighted by atomic mass is 10.0. The molecule has 1 unspecified atom stereocenters. The van der Waals surface area contributed by atoms with Gasteiger partial charge in [0.25, 0.3) is 0 Å². The van der Waals surface area contributed by atoms with Crippen LogP contribution in [0.1, 0.15) is 29.0 Å². The number of carbonyl (C=O) groups is 1. The van der Waals surface area contributed by atoms with Crippen LogP contribution in [-0.2, 0) is 6.42 Å². The van der Waals surface area contributed by atoms with Gasteiger partial charge < -0.3 is 9.51 Å². The second kappa shape index (κ2) is 5.25. The minimum Gasteiger partial charge on any atom is -0.478 e. The maximum atomic E-state index is 10.9. The van der Waals surface area contributed by atoms with Crippen molar-refractivity contribution in [2.45, 2.75) is 19.3 Å². The summed E-state index contributed by atoms with van der Waals surface area (Å²) in [6.45, 7) is 0. The van der Waals surface area contributed by atoms with E-state index in [2.05, 4.69) is 4.98 Å². The number of carboxylic acids is 1. The van der Waals surface area contributed by atoms with Crippen molar-refractivity contribution in [3.8, 4) is 0 Å². The summed E-state index contributed by atoms with van der Waals surface area (Å²) >= 11 is 2.02. The summed E-state index contributed by atoms with van der Waals surface area (Å²) in [6.07, 6.45) is 7.12. The van der Waals surface area contributed by atoms with Gasteiger partial charge in [0.15, 0.2) is 0 Å². The van der Waals surface area contributed by atoms with Gasteiger partial charge in [0.05, 0.1) is 17.3 Å². The van der Waals surface area contributed by atoms with Crippen LogP contribution in [0.5, 0.6) is 0 Å². The molecule has 0 spiro atoms. The van der Waals surface area contributed by atoms with Gasteiger partial charge in [0.2, 0.25) is 0 Å². The Morgan fingerprint density at radius 3 is 3.21 bits per heavy atom. The minimum absolute atomic E-state index is 0.312. The average Bonchev–Trinajstić information content (AvgIpc) is 2.82. The lowest BCUT2D eigenvalue weighted by Crippen LogP contribution is -2.14. The first kappa shape index (κ1) is 12.5. The molecule has 0 bridgehead atoms. The van der Waals surface area contributed by atoms with Gasteiger partial charge in [-0.1, -0.05) is 0 Å². The summed E-state index contributed by atoms with van der Waals surface area (Å²) in [6, 6.07) is 3.31. The fraction of sp³-hybridized carbons (Fsp3) is 0.429. The fourth-order valence-corrected chi connectivity index (χ4v) is 3.72. The van der Waals surface area contributed by atoms with Crippen molar-refractivity contribution in [3.05, 3.63) is 35.9 Å². The molecule has 4 nitrogen and oxygen atoms in total. The summed E-state index contributed by atoms with van der Waals surface area (Å²) < 4.78 is 2.01. The van der Waals surface area contributed by atoms with E-state index < -0.39 is 5.97 Å². The summed E-state index contributed by atoms with van der Waals surface area (Å²) in [5.41, 5.74) is 1.17. The smallest absolute Gasteiger partial charge is 0.335 e. The minimum atomic E-state index is -0.895. The van der Waals surface area contributed by atoms with Gasteiger partial charge >= 0.3 is 5.97 Å². The van der Waals surface area contributed by atoms with Gasteiger partial charge in [-0.05, 0) is 42.4 Å². The van der Waals surface area contributed by atoms with Gasteiger partial charge in [-0.2, -0.15) is 11.8 Å². The Hall–Kier alpha value is -1.49. The number of hydrogen-bond donors (Lipinski definition) is 1. The summed E-state index contributed by atoms with van der Waals surface area (Å²) in [7, 11) is 0. The third-order valence-electron chi connectivity index (χ3n) is 3.58. The highest BCUT2D eigenvalue weighted by atomic mass is 32.2. The fourth-order valence-electron chi connectivity index (χ4n) is 2.57. The second-order valence-electron chi connectivity index (χ2n) is 4.98. The molecule has 0 aliphatic carbocycles. The van der Waals surface area contributed by atoms with Crippen LogP contribution in [0, 0.1) is 5.92 Å². The molecule has 1 aliphatic rings. The second-order valence-corrected chi connectivity index (χ2v) is 6.13. The molecule has 3 heterocycles. The highest BCUT2D eigenvalue weighted by Gasteiger charge is 2.17. The maximum Gasteiger partial charge on any atom is 0.335 e. The lowest BCUT2D eigenvalue weighted by Gasteiger charge is -2.20. The van der Waals surface area contributed by atoms with Crippen molar-refractivity contribution in [3.63, 3.8) is 0 Å². The molecule has 2 aromatic rings. The molecule has 1 saturated heterocycles. The van der Waals surface area contributed by atoms with E-state index in [0.29, 0.717) is 11.5 Å². The molecule has 1 aliphatic heterocycles. The Morgan fingerprint density at radius 1 is 1.58 bits per heavy atom. The van der Waals surface area contributed by atoms with E-state index in [1.165, 1.54) is 24.3 Å². The van der Waals surface area contributed by atoms with Gasteiger partial charge in [-0.15, -0.1) is 0 Å². The van der Waals surface area contributed by atoms with Crippen molar-refractivity contribution in [1.82, 2.24) is 9.38 Å². The largest absolute Gasteiger partial charge is 0.478 e. The zero-order valence-corrected chi connectivity index (χ0v) is 11.4. The molecule has 1 N–H and O–H groups in total. The van der Waals surface area contributed by atoms with Crippen molar-refractivity contribution < 1.29 is 9.90 Å². The number of hydrogen-bond acceptors (Lipinski definition) is 3. The number of imidazole rings is 1. The number of aromatic carboxylic acids is 1. The van der Waals surface area contributed by atoms with Crippen LogP contribution in [-0.4, -0.2) is 32.0 Å². The summed E-state index contributed by atoms with van der Waals surface area (Å²) in [5.74, 6) is 3.33. The molecule has 0 saturated carbocycles. The monoisotopic (exact) mass is 276 g/mol. The normalized spacial score (nSPS) is 19.7. The quantitative estimate of drug-likeness (QED) is 0.936. The summed E-state index contributed by atoms with van der Waals surface area (Å²) in [5, 5.41) is 8.98. The van der Waals surface area contributed by atoms with Crippen LogP contribution in [0.15, 0.2) is 24.5 Å². The maximum absolute atomic E-state index is 10.9. The molecule has 2 aromatic heterocycles. The highest BCUT2D eigenvalue weighted by Crippen LogP contribution is 2.25. The zero-order valence-electron chi connectivity index (χ0n) is 10.6. The molecule has 100 valence electrons. The molecule has 0 radical (unpaired) electrons. The molecule has 1 atom stereocenters. The van der Waals surface area contributed by atoms with Crippen LogP contribution in [0.25, 0.3) is 5.52 Å². The summed E-state index contributed by atoms with van der Waals surface area (Å²) in [4.78, 5) is 15.4. The standard InChI is InChI=1S/C14H16N2O2S/c17-14(18)11-3-4-16-12(7-11)8-15-13(16)6-10-2-1-5-19-9-10/h3-4,7-8,10H,1-2,5-6,9H2,(H,17,18). The predicted octanol–water partition coefficient (Wildman–Crippen LogP) is 2.72. The number of carboxylic acid groups (broad SMARTS) is 1. The van der Waals surface area contributed by atoms with Crippen molar-refractivity contribution >= 4 is 23.2 Å². The van der Waals surface area contributed by atoms with E-state index >= 15 is 0 Å². The zero-order chi connectivity index (χ0) is 13.2. The van der Waals surface area contributed by atoms with Gasteiger partial charge in [-0.25, -0.2) is 9.78 Å². The number of rotatable bonds is 3. The Labute approximate surface area is 115 Å². The first-order chi connectivity index (χ1) is 9.24. The third kappa shape index (κ3) is 2.61. The Kier molecular flexibility index (Phi) is 3.46. The SMILES string of the molecule is O=C(O)c1ccn2c(CC3CCCSC3)ncc2c1. The Bertz CT molecular complexity index is 603. The van der Waals surface area contributed by atoms with E-state index in [1.807, 2.05) is 22.4 Å². The van der Waals surface area contributed by atoms with Crippen molar-refractivity contribution in [2.75, 3.05) is 11.5 Å². The van der Waals surface area contributed by atoms with Crippen LogP contribution < -0.4 is 0 Å². The van der Waals surface area contributed by atoms with Gasteiger partial charge in [0.1, 0.15) is 5.82 Å². The van der Waals surface area contributed by atoms with Crippen molar-refractivity contribution in [2.24, 2.45) is 5.92 Å². The topological polar surface area (TPSA) is 54.6 Å². The van der Waals surface area contributed by atoms with Gasteiger partial charge in [0, 0.05) is 12.6 Å². The molecule has 3 rings (SSSR count). The lowest BCUT2D eigenvalue weighted by molar-refractivity contribution is 0.0697. The molecule has 1 fully saturated rings. The number of thioether (sulfide) groups is 1. The molecule has 5 heteroatoms. The van der Waals surface area contributed by atoms with E-state index in [-0.39, 0.29) is 0 Å². The Balaban J connectivity index is 1.86. The predicted molar refractivity (Wildman–Crippen MR) is 75.9 cm³/mol. The number of fused-ring (bicyclic) bond motifs is 1. The number of aromatic nitrogens is 2. The molecule has 0 amide bonds. The number of nitrogens with zero attached hydrogens (tertiary/aromatic N) is 2. The van der Waals surface area contributed by atoms with Crippen LogP contribution >= 0.6 is 11.8 Å². The molecule has 0 aromatic carbocycles. The third-order valence-corrected chi connectivity index (χ3v) is 4.87. The van der Waals surface area contributed by atoms with Crippen LogP contribution in [0.3, 0.4) is 0 Å². The molecule has 19 heavy (non-hydrogen) atoms. The Morgan fingerprint density at radius 2 is 2.47 bits per heavy atom. The van der Waals surface area contributed by atoms with Crippen molar-refractivity contribution in [1.29, 1.82) is 0 Å². The number of pyridine rings is 1. The van der Waals surface area contributed by atoms with Gasteiger partial charge in [-0.3, -0.25) is 0 Å². The van der Waals surface area contributed by atoms with E-state index in [9.17, 15) is 4.79 Å². The van der Waals surface area contributed by atoms with Crippen LogP contribution in [0.4, 0.5) is 0 Å². The van der Waals surface area contributed by atoms with E-state index in [1.54, 1.807) is 18.3 Å². The van der Waals surface area contributed by atoms with Crippen LogP contribution in [0.2, 0.25) is 0 Å². The highest BCUT2D eigenvalue weighted by molar-refractivity contribution is 7.99. The molecular formula is C14H16N2O2S. The van der Waals surface area contributed by atoms with E-state index in [4.69, 9.17) is 5.11 Å². The first-order valence-corrected chi connectivity index (χ1v) is 7.66. The first-order valence-electron chi connectivity index (χ1n) is 6.51. The average molecular weight is 276 g/mol. The molecular weight excluding hydrogens is 260 g/mol.